The van der Waals surface area contributed by atoms with Crippen molar-refractivity contribution in [3.63, 3.8) is 0 Å². The Balaban J connectivity index is 0.000000169. The number of carbonyl (C=O) groups is 6. The van der Waals surface area contributed by atoms with E-state index < -0.39 is 41.5 Å². The van der Waals surface area contributed by atoms with Gasteiger partial charge in [0.2, 0.25) is 5.91 Å². The summed E-state index contributed by atoms with van der Waals surface area (Å²) < 4.78 is 31.8. The SMILES string of the molecule is CC(C)(C)OC(=O)N1CCC[C@H]1C(=O)Nc1cc(-c2cccc(Cl)c2)on1.CN(C(=O)[C@@H]1CCCN1C#N)c1cc(-c2cccc(Cl)c2)on1.CN(C(=O)[C@@H]1CCCN1C(=O)OC(C)(C)C)c1cc(-c2cccc(Cl)c2)on1.N#CCC(=O)c1cccc(Cl)c1.Nc1cc(-c2cccc(Cl)c2)on1. The zero-order valence-electron chi connectivity index (χ0n) is 57.4. The highest BCUT2D eigenvalue weighted by molar-refractivity contribution is 6.32. The number of nitrogens with zero attached hydrogens (tertiary/aromatic N) is 11. The Bertz CT molecular complexity index is 4530. The van der Waals surface area contributed by atoms with Crippen LogP contribution in [-0.4, -0.2) is 134 Å². The molecule has 3 saturated heterocycles. The van der Waals surface area contributed by atoms with E-state index >= 15 is 0 Å². The molecule has 7 heterocycles. The Morgan fingerprint density at radius 1 is 0.524 bits per heavy atom. The molecule has 0 bridgehead atoms. The van der Waals surface area contributed by atoms with E-state index in [1.807, 2.05) is 42.5 Å². The number of ether oxygens (including phenoxy) is 2. The lowest BCUT2D eigenvalue weighted by Crippen LogP contribution is -2.48. The standard InChI is InChI=1S/C20H24ClN3O4.C19H22ClN3O4.C16H15ClN4O2.C9H7ClN2O.C9H6ClNO/c1-20(2,3)27-19(26)24-10-6-9-15(24)18(25)23(4)17-12-16(28-22-17)13-7-5-8-14(21)11-13;1-19(2,3)26-18(25)23-9-5-8-14(23)17(24)21-16-11-15(27-22-16)12-6-4-7-13(20)10-12;1-20(16(22)13-6-3-7-21(13)10-18)15-9-14(23-19-15)11-4-2-5-12(17)8-11;10-7-3-1-2-6(4-7)8-5-9(11)12-13-8;10-8-3-1-2-7(6-8)9(12)4-5-11/h5,7-8,11-12,15H,6,9-10H2,1-4H3;4,6-7,10-11,14H,5,8-9H2,1-3H3,(H,21,22,24);2,4-5,8-9,13H,3,6-7H2,1H3;1-5H,(H2,11,12);1-3,6H,4H2/t15-;14-;13-;;/m000../s1. The number of rotatable bonds is 12. The van der Waals surface area contributed by atoms with E-state index in [2.05, 4.69) is 32.1 Å². The van der Waals surface area contributed by atoms with E-state index in [0.717, 1.165) is 41.5 Å². The first-order chi connectivity index (χ1) is 49.0. The van der Waals surface area contributed by atoms with Crippen molar-refractivity contribution in [3.05, 3.63) is 176 Å². The van der Waals surface area contributed by atoms with Gasteiger partial charge in [-0.25, -0.2) is 9.59 Å². The molecule has 3 aliphatic rings. The molecular formula is C73H74Cl5N13O12. The number of likely N-dealkylation sites (tertiary alicyclic amines) is 3. The third kappa shape index (κ3) is 22.5. The molecule has 25 nitrogen and oxygen atoms in total. The number of hydrogen-bond donors (Lipinski definition) is 2. The summed E-state index contributed by atoms with van der Waals surface area (Å²) in [4.78, 5) is 81.4. The van der Waals surface area contributed by atoms with Gasteiger partial charge in [0.05, 0.1) is 12.5 Å². The lowest BCUT2D eigenvalue weighted by Gasteiger charge is -2.29. The van der Waals surface area contributed by atoms with E-state index in [1.54, 1.807) is 165 Å². The number of nitrogens with two attached hydrogens (primary N) is 1. The van der Waals surface area contributed by atoms with Crippen LogP contribution in [0.15, 0.2) is 164 Å². The second kappa shape index (κ2) is 36.0. The quantitative estimate of drug-likeness (QED) is 0.0847. The Morgan fingerprint density at radius 3 is 1.34 bits per heavy atom. The number of anilines is 4. The van der Waals surface area contributed by atoms with Crippen LogP contribution in [0.1, 0.15) is 96.8 Å². The summed E-state index contributed by atoms with van der Waals surface area (Å²) in [5.41, 5.74) is 7.86. The molecule has 5 amide bonds. The normalized spacial score (nSPS) is 15.2. The van der Waals surface area contributed by atoms with Gasteiger partial charge in [-0.1, -0.05) is 139 Å². The predicted octanol–water partition coefficient (Wildman–Crippen LogP) is 16.6. The van der Waals surface area contributed by atoms with Crippen molar-refractivity contribution in [1.29, 1.82) is 10.5 Å². The van der Waals surface area contributed by atoms with Crippen LogP contribution in [0.5, 0.6) is 0 Å². The molecule has 0 radical (unpaired) electrons. The van der Waals surface area contributed by atoms with Crippen molar-refractivity contribution in [1.82, 2.24) is 35.3 Å². The molecule has 3 fully saturated rings. The fourth-order valence-electron chi connectivity index (χ4n) is 10.6. The van der Waals surface area contributed by atoms with Gasteiger partial charge in [0, 0.05) is 111 Å². The lowest BCUT2D eigenvalue weighted by molar-refractivity contribution is -0.123. The molecule has 0 spiro atoms. The van der Waals surface area contributed by atoms with E-state index in [4.69, 9.17) is 102 Å². The van der Waals surface area contributed by atoms with Crippen molar-refractivity contribution in [2.24, 2.45) is 0 Å². The summed E-state index contributed by atoms with van der Waals surface area (Å²) in [5, 5.41) is 38.4. The molecular weight excluding hydrogens is 1430 g/mol. The molecule has 5 aromatic carbocycles. The highest BCUT2D eigenvalue weighted by atomic mass is 35.5. The van der Waals surface area contributed by atoms with Crippen LogP contribution in [0.3, 0.4) is 0 Å². The number of nitriles is 2. The van der Waals surface area contributed by atoms with Crippen molar-refractivity contribution >= 4 is 117 Å². The highest BCUT2D eigenvalue weighted by Crippen LogP contribution is 2.33. The Morgan fingerprint density at radius 2 is 0.913 bits per heavy atom. The van der Waals surface area contributed by atoms with Gasteiger partial charge in [0.25, 0.3) is 11.8 Å². The van der Waals surface area contributed by atoms with Crippen molar-refractivity contribution in [2.45, 2.75) is 116 Å². The summed E-state index contributed by atoms with van der Waals surface area (Å²) >= 11 is 29.4. The number of carbonyl (C=O) groups excluding carboxylic acids is 6. The minimum Gasteiger partial charge on any atom is -0.444 e. The number of nitrogen functional groups attached to an aromatic ring is 1. The van der Waals surface area contributed by atoms with Crippen LogP contribution in [0, 0.1) is 22.8 Å². The average molecular weight is 1500 g/mol. The van der Waals surface area contributed by atoms with E-state index in [1.165, 1.54) is 24.5 Å². The number of hydrogen-bond acceptors (Lipinski definition) is 20. The average Bonchev–Trinajstić information content (AvgIpc) is 1.70. The molecule has 30 heteroatoms. The number of amides is 5. The largest absolute Gasteiger partial charge is 0.444 e. The molecule has 0 saturated carbocycles. The third-order valence-electron chi connectivity index (χ3n) is 15.5. The molecule has 3 aliphatic heterocycles. The van der Waals surface area contributed by atoms with E-state index in [-0.39, 0.29) is 35.7 Å². The van der Waals surface area contributed by atoms with Crippen molar-refractivity contribution < 1.29 is 56.3 Å². The number of likely N-dealkylation sites (N-methyl/N-ethyl adjacent to an activating group) is 2. The second-order valence-corrected chi connectivity index (χ2v) is 27.7. The Kier molecular flexibility index (Phi) is 27.3. The minimum atomic E-state index is -0.614. The summed E-state index contributed by atoms with van der Waals surface area (Å²) in [5.74, 6) is 2.70. The maximum atomic E-state index is 13.0. The Labute approximate surface area is 619 Å². The van der Waals surface area contributed by atoms with Gasteiger partial charge < -0.3 is 38.6 Å². The summed E-state index contributed by atoms with van der Waals surface area (Å²) in [7, 11) is 3.25. The molecule has 3 atom stereocenters. The van der Waals surface area contributed by atoms with E-state index in [9.17, 15) is 28.8 Å². The zero-order chi connectivity index (χ0) is 74.7. The van der Waals surface area contributed by atoms with Gasteiger partial charge in [0.1, 0.15) is 29.3 Å². The van der Waals surface area contributed by atoms with Crippen LogP contribution in [0.2, 0.25) is 25.1 Å². The molecule has 9 aromatic rings. The molecule has 12 rings (SSSR count). The summed E-state index contributed by atoms with van der Waals surface area (Å²) in [6.07, 6.45) is 5.17. The summed E-state index contributed by atoms with van der Waals surface area (Å²) in [6.45, 7) is 12.4. The molecule has 103 heavy (non-hydrogen) atoms. The maximum Gasteiger partial charge on any atom is 0.410 e. The fourth-order valence-corrected chi connectivity index (χ4v) is 11.5. The van der Waals surface area contributed by atoms with Gasteiger partial charge in [-0.15, -0.1) is 0 Å². The third-order valence-corrected chi connectivity index (χ3v) is 16.6. The first kappa shape index (κ1) is 78.3. The van der Waals surface area contributed by atoms with Crippen LogP contribution >= 0.6 is 58.0 Å². The lowest BCUT2D eigenvalue weighted by atomic mass is 10.1. The number of nitrogens with one attached hydrogen (secondary N) is 1. The number of Topliss-reactive ketones (excluding diaryl/α,β-unsaturated/α-hetero) is 1. The summed E-state index contributed by atoms with van der Waals surface area (Å²) in [6, 6.07) is 42.3. The molecule has 0 unspecified atom stereocenters. The molecule has 538 valence electrons. The second-order valence-electron chi connectivity index (χ2n) is 25.5. The van der Waals surface area contributed by atoms with Crippen LogP contribution in [0.4, 0.5) is 32.9 Å². The van der Waals surface area contributed by atoms with Gasteiger partial charge in [-0.2, -0.15) is 10.5 Å². The molecule has 4 aromatic heterocycles. The number of halogens is 5. The molecule has 0 aliphatic carbocycles. The first-order valence-corrected chi connectivity index (χ1v) is 34.2. The van der Waals surface area contributed by atoms with Crippen molar-refractivity contribution in [3.8, 4) is 57.6 Å². The topological polar surface area (TPSA) is 327 Å². The number of aromatic nitrogens is 4. The van der Waals surface area contributed by atoms with Crippen molar-refractivity contribution in [2.75, 3.05) is 54.6 Å². The van der Waals surface area contributed by atoms with Crippen LogP contribution < -0.4 is 20.9 Å². The maximum absolute atomic E-state index is 13.0. The highest BCUT2D eigenvalue weighted by Gasteiger charge is 2.40. The smallest absolute Gasteiger partial charge is 0.410 e. The monoisotopic (exact) mass is 1500 g/mol. The van der Waals surface area contributed by atoms with Gasteiger partial charge in [0.15, 0.2) is 58.3 Å². The van der Waals surface area contributed by atoms with E-state index in [0.29, 0.717) is 110 Å². The minimum absolute atomic E-state index is 0.0969. The van der Waals surface area contributed by atoms with Gasteiger partial charge in [-0.05, 0) is 141 Å². The predicted molar refractivity (Wildman–Crippen MR) is 391 cm³/mol. The fraction of sp³-hybridized carbons (Fsp3) is 0.315. The number of benzene rings is 5. The number of ketones is 1. The first-order valence-electron chi connectivity index (χ1n) is 32.3. The Hall–Kier alpha value is -10.4. The van der Waals surface area contributed by atoms with Crippen LogP contribution in [-0.2, 0) is 23.9 Å². The van der Waals surface area contributed by atoms with Crippen LogP contribution in [0.25, 0.3) is 45.3 Å². The van der Waals surface area contributed by atoms with Gasteiger partial charge in [-0.3, -0.25) is 43.7 Å². The van der Waals surface area contributed by atoms with Gasteiger partial charge >= 0.3 is 12.2 Å². The molecule has 3 N–H and O–H groups in total. The zero-order valence-corrected chi connectivity index (χ0v) is 61.2.